The van der Waals surface area contributed by atoms with Crippen LogP contribution in [0.5, 0.6) is 0 Å². The van der Waals surface area contributed by atoms with Crippen molar-refractivity contribution in [2.24, 2.45) is 0 Å². The van der Waals surface area contributed by atoms with Gasteiger partial charge in [-0.05, 0) is 31.9 Å². The molecule has 0 amide bonds. The molecule has 1 aromatic carbocycles. The first-order valence-electron chi connectivity index (χ1n) is 6.20. The maximum atomic E-state index is 13.8. The maximum Gasteiger partial charge on any atom is 0.164 e. The summed E-state index contributed by atoms with van der Waals surface area (Å²) in [5.41, 5.74) is 0.891. The molecule has 0 spiro atoms. The van der Waals surface area contributed by atoms with E-state index in [-0.39, 0.29) is 11.3 Å². The van der Waals surface area contributed by atoms with E-state index in [4.69, 9.17) is 4.74 Å². The molecular formula is C14H18FNO2. The SMILES string of the molecule is COCCN(c1cccc(F)c1C(C)=O)C1CC1. The smallest absolute Gasteiger partial charge is 0.164 e. The summed E-state index contributed by atoms with van der Waals surface area (Å²) >= 11 is 0. The Morgan fingerprint density at radius 1 is 1.50 bits per heavy atom. The summed E-state index contributed by atoms with van der Waals surface area (Å²) in [6.45, 7) is 2.67. The fourth-order valence-electron chi connectivity index (χ4n) is 2.18. The van der Waals surface area contributed by atoms with Crippen molar-refractivity contribution in [3.05, 3.63) is 29.6 Å². The molecule has 0 aromatic heterocycles. The molecule has 4 heteroatoms. The number of hydrogen-bond donors (Lipinski definition) is 0. The van der Waals surface area contributed by atoms with Gasteiger partial charge in [-0.2, -0.15) is 0 Å². The first-order chi connectivity index (χ1) is 8.65. The molecule has 1 aliphatic carbocycles. The van der Waals surface area contributed by atoms with Crippen molar-refractivity contribution in [1.29, 1.82) is 0 Å². The van der Waals surface area contributed by atoms with Gasteiger partial charge in [-0.25, -0.2) is 4.39 Å². The Balaban J connectivity index is 2.34. The molecule has 98 valence electrons. The molecule has 1 fully saturated rings. The third-order valence-electron chi connectivity index (χ3n) is 3.18. The second kappa shape index (κ2) is 5.48. The lowest BCUT2D eigenvalue weighted by atomic mass is 10.1. The zero-order valence-corrected chi connectivity index (χ0v) is 10.8. The average Bonchev–Trinajstić information content (AvgIpc) is 3.13. The zero-order valence-electron chi connectivity index (χ0n) is 10.8. The number of anilines is 1. The molecule has 0 saturated heterocycles. The number of ether oxygens (including phenoxy) is 1. The minimum Gasteiger partial charge on any atom is -0.383 e. The number of ketones is 1. The number of carbonyl (C=O) groups is 1. The summed E-state index contributed by atoms with van der Waals surface area (Å²) in [6.07, 6.45) is 2.19. The minimum absolute atomic E-state index is 0.195. The highest BCUT2D eigenvalue weighted by atomic mass is 19.1. The van der Waals surface area contributed by atoms with Crippen molar-refractivity contribution in [1.82, 2.24) is 0 Å². The Bertz CT molecular complexity index is 443. The average molecular weight is 251 g/mol. The molecule has 0 bridgehead atoms. The van der Waals surface area contributed by atoms with Gasteiger partial charge in [0.1, 0.15) is 5.82 Å². The Labute approximate surface area is 107 Å². The van der Waals surface area contributed by atoms with E-state index in [1.807, 2.05) is 6.07 Å². The molecule has 18 heavy (non-hydrogen) atoms. The van der Waals surface area contributed by atoms with E-state index < -0.39 is 5.82 Å². The van der Waals surface area contributed by atoms with Gasteiger partial charge < -0.3 is 9.64 Å². The Morgan fingerprint density at radius 2 is 2.22 bits per heavy atom. The number of carbonyl (C=O) groups excluding carboxylic acids is 1. The molecule has 3 nitrogen and oxygen atoms in total. The lowest BCUT2D eigenvalue weighted by molar-refractivity contribution is 0.101. The predicted octanol–water partition coefficient (Wildman–Crippen LogP) is 2.64. The fourth-order valence-corrected chi connectivity index (χ4v) is 2.18. The van der Waals surface area contributed by atoms with E-state index >= 15 is 0 Å². The van der Waals surface area contributed by atoms with Crippen molar-refractivity contribution in [3.8, 4) is 0 Å². The largest absolute Gasteiger partial charge is 0.383 e. The van der Waals surface area contributed by atoms with E-state index in [1.165, 1.54) is 13.0 Å². The van der Waals surface area contributed by atoms with Crippen LogP contribution in [0.25, 0.3) is 0 Å². The normalized spacial score (nSPS) is 14.6. The van der Waals surface area contributed by atoms with Gasteiger partial charge in [0.15, 0.2) is 5.78 Å². The van der Waals surface area contributed by atoms with Gasteiger partial charge in [0.25, 0.3) is 0 Å². The van der Waals surface area contributed by atoms with Crippen LogP contribution < -0.4 is 4.90 Å². The van der Waals surface area contributed by atoms with Crippen LogP contribution in [0.1, 0.15) is 30.1 Å². The molecular weight excluding hydrogens is 233 g/mol. The van der Waals surface area contributed by atoms with E-state index in [0.29, 0.717) is 24.9 Å². The lowest BCUT2D eigenvalue weighted by Gasteiger charge is -2.26. The molecule has 1 saturated carbocycles. The van der Waals surface area contributed by atoms with Crippen molar-refractivity contribution in [3.63, 3.8) is 0 Å². The molecule has 1 aromatic rings. The van der Waals surface area contributed by atoms with Crippen molar-refractivity contribution in [2.45, 2.75) is 25.8 Å². The van der Waals surface area contributed by atoms with Gasteiger partial charge in [0.2, 0.25) is 0 Å². The van der Waals surface area contributed by atoms with E-state index in [0.717, 1.165) is 12.8 Å². The lowest BCUT2D eigenvalue weighted by Crippen LogP contribution is -2.31. The maximum absolute atomic E-state index is 13.8. The van der Waals surface area contributed by atoms with Gasteiger partial charge in [-0.1, -0.05) is 6.07 Å². The van der Waals surface area contributed by atoms with Crippen LogP contribution in [-0.2, 0) is 4.74 Å². The first-order valence-corrected chi connectivity index (χ1v) is 6.20. The molecule has 0 radical (unpaired) electrons. The van der Waals surface area contributed by atoms with Gasteiger partial charge >= 0.3 is 0 Å². The van der Waals surface area contributed by atoms with E-state index in [2.05, 4.69) is 4.90 Å². The van der Waals surface area contributed by atoms with Crippen LogP contribution in [0.3, 0.4) is 0 Å². The van der Waals surface area contributed by atoms with Crippen molar-refractivity contribution >= 4 is 11.5 Å². The van der Waals surface area contributed by atoms with Crippen LogP contribution in [0.15, 0.2) is 18.2 Å². The summed E-state index contributed by atoms with van der Waals surface area (Å²) in [7, 11) is 1.64. The van der Waals surface area contributed by atoms with Crippen LogP contribution >= 0.6 is 0 Å². The number of hydrogen-bond acceptors (Lipinski definition) is 3. The highest BCUT2D eigenvalue weighted by Crippen LogP contribution is 2.34. The van der Waals surface area contributed by atoms with Gasteiger partial charge in [-0.15, -0.1) is 0 Å². The Morgan fingerprint density at radius 3 is 2.78 bits per heavy atom. The third kappa shape index (κ3) is 2.70. The zero-order chi connectivity index (χ0) is 13.1. The fraction of sp³-hybridized carbons (Fsp3) is 0.500. The van der Waals surface area contributed by atoms with Crippen LogP contribution in [0.4, 0.5) is 10.1 Å². The number of methoxy groups -OCH3 is 1. The molecule has 2 rings (SSSR count). The van der Waals surface area contributed by atoms with Crippen LogP contribution in [0, 0.1) is 5.82 Å². The Hall–Kier alpha value is -1.42. The minimum atomic E-state index is -0.442. The van der Waals surface area contributed by atoms with Gasteiger partial charge in [-0.3, -0.25) is 4.79 Å². The molecule has 0 heterocycles. The number of rotatable bonds is 6. The van der Waals surface area contributed by atoms with E-state index in [9.17, 15) is 9.18 Å². The number of Topliss-reactive ketones (excluding diaryl/α,β-unsaturated/α-hetero) is 1. The molecule has 1 aliphatic rings. The van der Waals surface area contributed by atoms with Crippen LogP contribution in [-0.4, -0.2) is 32.1 Å². The summed E-state index contributed by atoms with van der Waals surface area (Å²) < 4.78 is 18.9. The van der Waals surface area contributed by atoms with Gasteiger partial charge in [0, 0.05) is 19.7 Å². The number of halogens is 1. The van der Waals surface area contributed by atoms with Crippen molar-refractivity contribution in [2.75, 3.05) is 25.2 Å². The summed E-state index contributed by atoms with van der Waals surface area (Å²) in [6, 6.07) is 5.22. The predicted molar refractivity (Wildman–Crippen MR) is 68.6 cm³/mol. The molecule has 0 atom stereocenters. The van der Waals surface area contributed by atoms with E-state index in [1.54, 1.807) is 13.2 Å². The monoisotopic (exact) mass is 251 g/mol. The number of benzene rings is 1. The topological polar surface area (TPSA) is 29.5 Å². The summed E-state index contributed by atoms with van der Waals surface area (Å²) in [5, 5.41) is 0. The highest BCUT2D eigenvalue weighted by molar-refractivity contribution is 6.00. The molecule has 0 aliphatic heterocycles. The first kappa shape index (κ1) is 13.0. The van der Waals surface area contributed by atoms with Crippen molar-refractivity contribution < 1.29 is 13.9 Å². The molecule has 0 N–H and O–H groups in total. The Kier molecular flexibility index (Phi) is 3.97. The standard InChI is InChI=1S/C14H18FNO2/c1-10(17)14-12(15)4-3-5-13(14)16(8-9-18-2)11-6-7-11/h3-5,11H,6-9H2,1-2H3. The quantitative estimate of drug-likeness (QED) is 0.728. The third-order valence-corrected chi connectivity index (χ3v) is 3.18. The summed E-state index contributed by atoms with van der Waals surface area (Å²) in [5.74, 6) is -0.672. The summed E-state index contributed by atoms with van der Waals surface area (Å²) in [4.78, 5) is 13.7. The van der Waals surface area contributed by atoms with Gasteiger partial charge in [0.05, 0.1) is 17.9 Å². The van der Waals surface area contributed by atoms with Crippen LogP contribution in [0.2, 0.25) is 0 Å². The molecule has 0 unspecified atom stereocenters. The second-order valence-electron chi connectivity index (χ2n) is 4.61. The highest BCUT2D eigenvalue weighted by Gasteiger charge is 2.31. The number of nitrogens with zero attached hydrogens (tertiary/aromatic N) is 1. The second-order valence-corrected chi connectivity index (χ2v) is 4.61.